The molecule has 3 rings (SSSR count). The van der Waals surface area contributed by atoms with Crippen molar-refractivity contribution < 1.29 is 4.79 Å². The standard InChI is InChI=1S/C17H18N4O/c1-12-10-13(2)20-21-15(11-19-16(12)21)17(22)18-9-8-14-6-4-3-5-7-14/h3-7,10-11H,8-9H2,1-2H3,(H,18,22). The molecule has 0 saturated heterocycles. The van der Waals surface area contributed by atoms with E-state index in [0.717, 1.165) is 23.3 Å². The van der Waals surface area contributed by atoms with E-state index in [1.54, 1.807) is 10.7 Å². The second kappa shape index (κ2) is 5.97. The summed E-state index contributed by atoms with van der Waals surface area (Å²) in [6, 6.07) is 12.0. The van der Waals surface area contributed by atoms with Gasteiger partial charge in [0.25, 0.3) is 5.91 Å². The first-order chi connectivity index (χ1) is 10.6. The van der Waals surface area contributed by atoms with Gasteiger partial charge in [-0.15, -0.1) is 0 Å². The summed E-state index contributed by atoms with van der Waals surface area (Å²) in [6.07, 6.45) is 2.38. The van der Waals surface area contributed by atoms with Crippen LogP contribution in [-0.2, 0) is 6.42 Å². The number of hydrogen-bond acceptors (Lipinski definition) is 3. The van der Waals surface area contributed by atoms with Crippen molar-refractivity contribution in [3.63, 3.8) is 0 Å². The number of hydrogen-bond donors (Lipinski definition) is 1. The quantitative estimate of drug-likeness (QED) is 0.803. The second-order valence-corrected chi connectivity index (χ2v) is 5.34. The highest BCUT2D eigenvalue weighted by molar-refractivity contribution is 5.93. The first kappa shape index (κ1) is 14.3. The third-order valence-corrected chi connectivity index (χ3v) is 3.55. The lowest BCUT2D eigenvalue weighted by Crippen LogP contribution is -2.27. The number of benzene rings is 1. The van der Waals surface area contributed by atoms with Gasteiger partial charge in [0.2, 0.25) is 0 Å². The molecular formula is C17H18N4O. The Kier molecular flexibility index (Phi) is 3.87. The van der Waals surface area contributed by atoms with E-state index in [9.17, 15) is 4.79 Å². The smallest absolute Gasteiger partial charge is 0.271 e. The van der Waals surface area contributed by atoms with Crippen LogP contribution in [0.2, 0.25) is 0 Å². The molecule has 0 spiro atoms. The van der Waals surface area contributed by atoms with Gasteiger partial charge in [-0.25, -0.2) is 9.50 Å². The van der Waals surface area contributed by atoms with Crippen LogP contribution in [0.1, 0.15) is 27.3 Å². The van der Waals surface area contributed by atoms with Crippen molar-refractivity contribution in [1.82, 2.24) is 19.9 Å². The minimum atomic E-state index is -0.152. The lowest BCUT2D eigenvalue weighted by Gasteiger charge is -2.06. The van der Waals surface area contributed by atoms with Crippen molar-refractivity contribution in [1.29, 1.82) is 0 Å². The Morgan fingerprint density at radius 2 is 2.00 bits per heavy atom. The molecule has 3 aromatic rings. The Morgan fingerprint density at radius 3 is 2.77 bits per heavy atom. The molecule has 2 aromatic heterocycles. The fraction of sp³-hybridized carbons (Fsp3) is 0.235. The molecule has 0 bridgehead atoms. The molecule has 0 radical (unpaired) electrons. The average molecular weight is 294 g/mol. The number of nitrogens with one attached hydrogen (secondary N) is 1. The van der Waals surface area contributed by atoms with Crippen molar-refractivity contribution in [2.75, 3.05) is 6.54 Å². The molecule has 1 aromatic carbocycles. The maximum Gasteiger partial charge on any atom is 0.271 e. The molecule has 2 heterocycles. The molecule has 112 valence electrons. The molecule has 0 atom stereocenters. The summed E-state index contributed by atoms with van der Waals surface area (Å²) in [5.74, 6) is -0.152. The zero-order valence-corrected chi connectivity index (χ0v) is 12.7. The molecule has 0 aliphatic carbocycles. The molecular weight excluding hydrogens is 276 g/mol. The predicted molar refractivity (Wildman–Crippen MR) is 84.9 cm³/mol. The molecule has 1 amide bonds. The van der Waals surface area contributed by atoms with Gasteiger partial charge in [-0.3, -0.25) is 4.79 Å². The fourth-order valence-corrected chi connectivity index (χ4v) is 2.49. The summed E-state index contributed by atoms with van der Waals surface area (Å²) in [4.78, 5) is 16.6. The van der Waals surface area contributed by atoms with Crippen LogP contribution in [0.5, 0.6) is 0 Å². The second-order valence-electron chi connectivity index (χ2n) is 5.34. The predicted octanol–water partition coefficient (Wildman–Crippen LogP) is 2.32. The van der Waals surface area contributed by atoms with Gasteiger partial charge in [0, 0.05) is 6.54 Å². The van der Waals surface area contributed by atoms with Crippen molar-refractivity contribution >= 4 is 11.6 Å². The van der Waals surface area contributed by atoms with E-state index < -0.39 is 0 Å². The van der Waals surface area contributed by atoms with Gasteiger partial charge in [0.15, 0.2) is 5.65 Å². The maximum atomic E-state index is 12.3. The molecule has 0 aliphatic rings. The van der Waals surface area contributed by atoms with Gasteiger partial charge >= 0.3 is 0 Å². The number of carbonyl (C=O) groups is 1. The number of carbonyl (C=O) groups excluding carboxylic acids is 1. The Hall–Kier alpha value is -2.69. The number of aryl methyl sites for hydroxylation is 2. The number of nitrogens with zero attached hydrogens (tertiary/aromatic N) is 3. The third-order valence-electron chi connectivity index (χ3n) is 3.55. The third kappa shape index (κ3) is 2.83. The minimum Gasteiger partial charge on any atom is -0.350 e. The van der Waals surface area contributed by atoms with E-state index >= 15 is 0 Å². The van der Waals surface area contributed by atoms with E-state index in [1.165, 1.54) is 5.56 Å². The van der Waals surface area contributed by atoms with E-state index in [4.69, 9.17) is 0 Å². The number of fused-ring (bicyclic) bond motifs is 1. The highest BCUT2D eigenvalue weighted by Crippen LogP contribution is 2.11. The lowest BCUT2D eigenvalue weighted by atomic mass is 10.1. The van der Waals surface area contributed by atoms with Gasteiger partial charge in [-0.1, -0.05) is 30.3 Å². The van der Waals surface area contributed by atoms with Crippen LogP contribution in [0, 0.1) is 13.8 Å². The van der Waals surface area contributed by atoms with Crippen molar-refractivity contribution in [3.8, 4) is 0 Å². The molecule has 0 unspecified atom stereocenters. The highest BCUT2D eigenvalue weighted by Gasteiger charge is 2.14. The SMILES string of the molecule is Cc1cc(C)c2ncc(C(=O)NCCc3ccccc3)n2n1. The van der Waals surface area contributed by atoms with E-state index in [0.29, 0.717) is 12.2 Å². The van der Waals surface area contributed by atoms with E-state index in [2.05, 4.69) is 27.5 Å². The van der Waals surface area contributed by atoms with Crippen LogP contribution in [0.15, 0.2) is 42.6 Å². The van der Waals surface area contributed by atoms with Crippen LogP contribution in [0.25, 0.3) is 5.65 Å². The Labute approximate surface area is 129 Å². The van der Waals surface area contributed by atoms with Gasteiger partial charge in [0.05, 0.1) is 11.9 Å². The summed E-state index contributed by atoms with van der Waals surface area (Å²) < 4.78 is 1.61. The molecule has 0 fully saturated rings. The largest absolute Gasteiger partial charge is 0.350 e. The van der Waals surface area contributed by atoms with Crippen LogP contribution in [0.4, 0.5) is 0 Å². The lowest BCUT2D eigenvalue weighted by molar-refractivity contribution is 0.0947. The number of amides is 1. The van der Waals surface area contributed by atoms with Gasteiger partial charge in [0.1, 0.15) is 5.69 Å². The van der Waals surface area contributed by atoms with E-state index in [-0.39, 0.29) is 5.91 Å². The molecule has 22 heavy (non-hydrogen) atoms. The highest BCUT2D eigenvalue weighted by atomic mass is 16.2. The first-order valence-electron chi connectivity index (χ1n) is 7.29. The van der Waals surface area contributed by atoms with Crippen LogP contribution >= 0.6 is 0 Å². The van der Waals surface area contributed by atoms with Crippen LogP contribution in [0.3, 0.4) is 0 Å². The van der Waals surface area contributed by atoms with Crippen LogP contribution in [-0.4, -0.2) is 27.0 Å². The number of rotatable bonds is 4. The Morgan fingerprint density at radius 1 is 1.23 bits per heavy atom. The number of imidazole rings is 1. The van der Waals surface area contributed by atoms with Gasteiger partial charge in [-0.2, -0.15) is 5.10 Å². The van der Waals surface area contributed by atoms with Gasteiger partial charge < -0.3 is 5.32 Å². The summed E-state index contributed by atoms with van der Waals surface area (Å²) in [5, 5.41) is 7.30. The maximum absolute atomic E-state index is 12.3. The average Bonchev–Trinajstić information content (AvgIpc) is 2.92. The van der Waals surface area contributed by atoms with E-state index in [1.807, 2.05) is 38.1 Å². The first-order valence-corrected chi connectivity index (χ1v) is 7.29. The van der Waals surface area contributed by atoms with Crippen molar-refractivity contribution in [2.45, 2.75) is 20.3 Å². The van der Waals surface area contributed by atoms with Crippen molar-refractivity contribution in [2.24, 2.45) is 0 Å². The zero-order chi connectivity index (χ0) is 15.5. The summed E-state index contributed by atoms with van der Waals surface area (Å²) in [7, 11) is 0. The Balaban J connectivity index is 1.73. The van der Waals surface area contributed by atoms with Crippen LogP contribution < -0.4 is 5.32 Å². The Bertz CT molecular complexity index is 808. The zero-order valence-electron chi connectivity index (χ0n) is 12.7. The van der Waals surface area contributed by atoms with Crippen molar-refractivity contribution in [3.05, 3.63) is 65.1 Å². The summed E-state index contributed by atoms with van der Waals surface area (Å²) in [5.41, 5.74) is 4.26. The molecule has 0 saturated carbocycles. The molecule has 5 nitrogen and oxygen atoms in total. The molecule has 0 aliphatic heterocycles. The molecule has 5 heteroatoms. The summed E-state index contributed by atoms with van der Waals surface area (Å²) >= 11 is 0. The topological polar surface area (TPSA) is 59.3 Å². The van der Waals surface area contributed by atoms with Gasteiger partial charge in [-0.05, 0) is 37.5 Å². The summed E-state index contributed by atoms with van der Waals surface area (Å²) in [6.45, 7) is 4.46. The number of aromatic nitrogens is 3. The minimum absolute atomic E-state index is 0.152. The fourth-order valence-electron chi connectivity index (χ4n) is 2.49. The normalized spacial score (nSPS) is 10.8. The monoisotopic (exact) mass is 294 g/mol. The molecule has 1 N–H and O–H groups in total.